The third-order valence-corrected chi connectivity index (χ3v) is 19.4. The minimum atomic E-state index is -1.94. The van der Waals surface area contributed by atoms with Gasteiger partial charge in [-0.25, -0.2) is 0 Å². The molecule has 0 bridgehead atoms. The number of aliphatic hydroxyl groups excluding tert-OH is 12. The Kier molecular flexibility index (Phi) is 14.5. The summed E-state index contributed by atoms with van der Waals surface area (Å²) in [6.45, 7) is 10.00. The van der Waals surface area contributed by atoms with E-state index in [2.05, 4.69) is 33.8 Å². The highest BCUT2D eigenvalue weighted by Crippen LogP contribution is 2.76. The Labute approximate surface area is 400 Å². The Morgan fingerprint density at radius 1 is 0.623 bits per heavy atom. The molecular formula is C48H76O21. The Bertz CT molecular complexity index is 1930. The number of carboxylic acid groups (broad SMARTS) is 1. The molecule has 7 fully saturated rings. The van der Waals surface area contributed by atoms with Crippen molar-refractivity contribution in [1.82, 2.24) is 0 Å². The Hall–Kier alpha value is -2.00. The number of hydrogen-bond acceptors (Lipinski definition) is 20. The van der Waals surface area contributed by atoms with Crippen molar-refractivity contribution in [1.29, 1.82) is 0 Å². The highest BCUT2D eigenvalue weighted by molar-refractivity contribution is 5.79. The zero-order valence-electron chi connectivity index (χ0n) is 40.2. The van der Waals surface area contributed by atoms with E-state index in [-0.39, 0.29) is 23.7 Å². The van der Waals surface area contributed by atoms with Crippen LogP contribution in [-0.2, 0) is 38.0 Å². The first-order valence-electron chi connectivity index (χ1n) is 24.6. The molecule has 0 aromatic heterocycles. The molecule has 0 spiro atoms. The lowest BCUT2D eigenvalue weighted by Crippen LogP contribution is -2.70. The number of allylic oxidation sites excluding steroid dienone is 2. The topological polar surface area (TPSA) is 353 Å². The summed E-state index contributed by atoms with van der Waals surface area (Å²) in [6, 6.07) is 0. The van der Waals surface area contributed by atoms with Crippen molar-refractivity contribution in [2.24, 2.45) is 50.2 Å². The van der Waals surface area contributed by atoms with E-state index >= 15 is 0 Å². The van der Waals surface area contributed by atoms with E-state index in [1.54, 1.807) is 0 Å². The summed E-state index contributed by atoms with van der Waals surface area (Å²) < 4.78 is 35.3. The summed E-state index contributed by atoms with van der Waals surface area (Å²) in [6.07, 6.45) is -22.1. The van der Waals surface area contributed by atoms with E-state index < -0.39 is 169 Å². The number of aliphatic hydroxyl groups is 12. The molecule has 4 saturated carbocycles. The molecule has 3 heterocycles. The van der Waals surface area contributed by atoms with E-state index in [1.165, 1.54) is 6.92 Å². The fraction of sp³-hybridized carbons (Fsp3) is 0.917. The van der Waals surface area contributed by atoms with Gasteiger partial charge in [0.25, 0.3) is 0 Å². The number of esters is 1. The highest BCUT2D eigenvalue weighted by Gasteiger charge is 2.73. The van der Waals surface area contributed by atoms with E-state index in [9.17, 15) is 76.0 Å². The predicted molar refractivity (Wildman–Crippen MR) is 234 cm³/mol. The van der Waals surface area contributed by atoms with Gasteiger partial charge < -0.3 is 94.8 Å². The lowest BCUT2D eigenvalue weighted by atomic mass is 9.33. The van der Waals surface area contributed by atoms with Crippen molar-refractivity contribution in [3.8, 4) is 0 Å². The second-order valence-corrected chi connectivity index (χ2v) is 23.4. The molecule has 3 saturated heterocycles. The first kappa shape index (κ1) is 53.3. The fourth-order valence-corrected chi connectivity index (χ4v) is 15.1. The zero-order chi connectivity index (χ0) is 50.7. The number of aliphatic carboxylic acids is 1. The van der Waals surface area contributed by atoms with Crippen LogP contribution in [0.3, 0.4) is 0 Å². The first-order valence-corrected chi connectivity index (χ1v) is 24.6. The lowest BCUT2D eigenvalue weighted by Gasteiger charge is -2.71. The third kappa shape index (κ3) is 8.16. The maximum atomic E-state index is 14.7. The molecule has 25 atom stereocenters. The molecule has 394 valence electrons. The van der Waals surface area contributed by atoms with E-state index in [0.717, 1.165) is 5.57 Å². The summed E-state index contributed by atoms with van der Waals surface area (Å²) in [7, 11) is 0. The van der Waals surface area contributed by atoms with Gasteiger partial charge in [0.05, 0.1) is 36.8 Å². The summed E-state index contributed by atoms with van der Waals surface area (Å²) >= 11 is 0. The third-order valence-electron chi connectivity index (χ3n) is 19.4. The molecule has 21 nitrogen and oxygen atoms in total. The van der Waals surface area contributed by atoms with Gasteiger partial charge in [-0.15, -0.1) is 0 Å². The second kappa shape index (κ2) is 18.7. The molecule has 3 aliphatic heterocycles. The van der Waals surface area contributed by atoms with Crippen LogP contribution in [0.5, 0.6) is 0 Å². The standard InChI is InChI=1S/C48H76O21/c1-43(2)11-13-48(42(63)69-39-35(60)32(57)29(54)24(18-50)65-39)14-12-45(4)20(21(48)15-43)7-8-26-44(3)16-22(52)37(47(6,41(61)62)27(44)9-10-46(26,45)5)68-40-36(33(58)30(55)25(19-51)66-40)67-38-34(59)31(56)28(53)23(17-49)64-38/h7,21-40,49-60H,8-19H2,1-6H3,(H,61,62)/t21-,22-,23+,24+,25+,26+,27+,28+,29+,30+,31-,32-,33-,34+,35+,36+,37-,38-,39-,40-,44+,45+,46+,47-,48-/m0/s1. The highest BCUT2D eigenvalue weighted by atomic mass is 16.8. The van der Waals surface area contributed by atoms with Crippen LogP contribution >= 0.6 is 0 Å². The van der Waals surface area contributed by atoms with Gasteiger partial charge in [-0.05, 0) is 104 Å². The van der Waals surface area contributed by atoms with Crippen LogP contribution in [0.2, 0.25) is 0 Å². The molecule has 8 aliphatic rings. The molecule has 0 amide bonds. The Balaban J connectivity index is 1.09. The van der Waals surface area contributed by atoms with Crippen LogP contribution in [0.4, 0.5) is 0 Å². The summed E-state index contributed by atoms with van der Waals surface area (Å²) in [5.41, 5.74) is -3.78. The van der Waals surface area contributed by atoms with Crippen molar-refractivity contribution < 1.29 is 104 Å². The van der Waals surface area contributed by atoms with E-state index in [1.807, 2.05) is 6.92 Å². The number of fused-ring (bicyclic) bond motifs is 7. The molecule has 69 heavy (non-hydrogen) atoms. The Morgan fingerprint density at radius 3 is 1.74 bits per heavy atom. The Morgan fingerprint density at radius 2 is 1.16 bits per heavy atom. The maximum absolute atomic E-state index is 14.7. The van der Waals surface area contributed by atoms with E-state index in [0.29, 0.717) is 51.4 Å². The molecule has 8 rings (SSSR count). The molecular weight excluding hydrogens is 913 g/mol. The van der Waals surface area contributed by atoms with Crippen molar-refractivity contribution in [3.05, 3.63) is 11.6 Å². The number of carbonyl (C=O) groups excluding carboxylic acids is 1. The minimum absolute atomic E-state index is 0.0656. The fourth-order valence-electron chi connectivity index (χ4n) is 15.1. The molecule has 0 unspecified atom stereocenters. The lowest BCUT2D eigenvalue weighted by molar-refractivity contribution is -0.382. The van der Waals surface area contributed by atoms with Gasteiger partial charge in [-0.3, -0.25) is 9.59 Å². The predicted octanol–water partition coefficient (Wildman–Crippen LogP) is -1.82. The summed E-state index contributed by atoms with van der Waals surface area (Å²) in [4.78, 5) is 28.6. The molecule has 21 heteroatoms. The van der Waals surface area contributed by atoms with Crippen LogP contribution < -0.4 is 0 Å². The normalized spacial score (nSPS) is 53.9. The zero-order valence-corrected chi connectivity index (χ0v) is 40.2. The van der Waals surface area contributed by atoms with Crippen molar-refractivity contribution in [2.75, 3.05) is 19.8 Å². The van der Waals surface area contributed by atoms with Gasteiger partial charge in [0.2, 0.25) is 6.29 Å². The van der Waals surface area contributed by atoms with Crippen LogP contribution in [0.25, 0.3) is 0 Å². The average Bonchev–Trinajstić information content (AvgIpc) is 3.29. The van der Waals surface area contributed by atoms with Gasteiger partial charge in [0.1, 0.15) is 79.4 Å². The monoisotopic (exact) mass is 988 g/mol. The van der Waals surface area contributed by atoms with Gasteiger partial charge in [0.15, 0.2) is 12.6 Å². The molecule has 0 aromatic rings. The maximum Gasteiger partial charge on any atom is 0.315 e. The molecule has 0 aromatic carbocycles. The van der Waals surface area contributed by atoms with E-state index in [4.69, 9.17) is 28.4 Å². The van der Waals surface area contributed by atoms with Crippen LogP contribution in [0, 0.1) is 50.2 Å². The number of ether oxygens (including phenoxy) is 6. The number of carbonyl (C=O) groups is 2. The van der Waals surface area contributed by atoms with Crippen molar-refractivity contribution in [3.63, 3.8) is 0 Å². The van der Waals surface area contributed by atoms with Crippen LogP contribution in [0.1, 0.15) is 99.3 Å². The van der Waals surface area contributed by atoms with Crippen molar-refractivity contribution >= 4 is 11.9 Å². The average molecular weight is 989 g/mol. The van der Waals surface area contributed by atoms with Crippen LogP contribution in [-0.4, -0.2) is 202 Å². The summed E-state index contributed by atoms with van der Waals surface area (Å²) in [5.74, 6) is -3.00. The first-order chi connectivity index (χ1) is 32.2. The SMILES string of the molecule is CC1(C)CC[C@]2(C(=O)O[C@@H]3O[C@H](CO)[C@@H](O)[C@H](O)[C@H]3O)CC[C@]3(C)C(=CC[C@@H]4[C@@]5(C)C[C@H](O)[C@H](O[C@@H]6O[C@H](CO)[C@@H](O)[C@H](O)[C@H]6O[C@@H]6O[C@H](CO)[C@@H](O)[C@H](O)[C@H]6O)[C@@](C)(C(=O)O)[C@@H]5CC[C@]43C)[C@@H]2C1. The second-order valence-electron chi connectivity index (χ2n) is 23.4. The minimum Gasteiger partial charge on any atom is -0.481 e. The quantitative estimate of drug-likeness (QED) is 0.0651. The smallest absolute Gasteiger partial charge is 0.315 e. The molecule has 13 N–H and O–H groups in total. The number of carboxylic acids is 1. The molecule has 0 radical (unpaired) electrons. The summed E-state index contributed by atoms with van der Waals surface area (Å²) in [5, 5.41) is 139. The number of rotatable bonds is 10. The van der Waals surface area contributed by atoms with Gasteiger partial charge in [0, 0.05) is 0 Å². The van der Waals surface area contributed by atoms with Gasteiger partial charge in [-0.1, -0.05) is 46.3 Å². The van der Waals surface area contributed by atoms with Crippen LogP contribution in [0.15, 0.2) is 11.6 Å². The van der Waals surface area contributed by atoms with Crippen molar-refractivity contribution in [2.45, 2.75) is 204 Å². The molecule has 5 aliphatic carbocycles. The van der Waals surface area contributed by atoms with Gasteiger partial charge in [-0.2, -0.15) is 0 Å². The number of hydrogen-bond donors (Lipinski definition) is 13. The largest absolute Gasteiger partial charge is 0.481 e. The van der Waals surface area contributed by atoms with Gasteiger partial charge >= 0.3 is 11.9 Å².